The van der Waals surface area contributed by atoms with Gasteiger partial charge in [0, 0.05) is 55.1 Å². The molecule has 494 valence electrons. The number of unbranched alkanes of at least 4 members (excludes halogenated alkanes) is 1. The van der Waals surface area contributed by atoms with Gasteiger partial charge in [-0.05, 0) is 104 Å². The van der Waals surface area contributed by atoms with Gasteiger partial charge in [-0.3, -0.25) is 56.9 Å². The number of para-hydroxylation sites is 2. The van der Waals surface area contributed by atoms with E-state index in [0.29, 0.717) is 38.5 Å². The zero-order valence-electron chi connectivity index (χ0n) is 50.2. The van der Waals surface area contributed by atoms with Crippen LogP contribution in [-0.2, 0) is 85.2 Å². The first-order valence-corrected chi connectivity index (χ1v) is 33.6. The Balaban J connectivity index is 0.833. The zero-order valence-corrected chi connectivity index (χ0v) is 52.7. The van der Waals surface area contributed by atoms with E-state index >= 15 is 0 Å². The second-order valence-electron chi connectivity index (χ2n) is 22.7. The first kappa shape index (κ1) is 66.5. The topological polar surface area (TPSA) is 418 Å². The van der Waals surface area contributed by atoms with Crippen molar-refractivity contribution in [2.45, 2.75) is 112 Å². The molecule has 5 aromatic rings. The van der Waals surface area contributed by atoms with E-state index in [-0.39, 0.29) is 116 Å². The molecule has 3 unspecified atom stereocenters. The first-order chi connectivity index (χ1) is 44.0. The average Bonchev–Trinajstić information content (AvgIpc) is 1.60. The lowest BCUT2D eigenvalue weighted by atomic mass is 10.1. The fourth-order valence-corrected chi connectivity index (χ4v) is 14.4. The van der Waals surface area contributed by atoms with Crippen LogP contribution >= 0.6 is 0 Å². The van der Waals surface area contributed by atoms with Crippen molar-refractivity contribution in [2.24, 2.45) is 0 Å². The Morgan fingerprint density at radius 1 is 0.591 bits per heavy atom. The Morgan fingerprint density at radius 3 is 1.53 bits per heavy atom. The van der Waals surface area contributed by atoms with E-state index < -0.39 is 124 Å². The molecule has 7 atom stereocenters. The van der Waals surface area contributed by atoms with Gasteiger partial charge in [0.25, 0.3) is 48.1 Å². The van der Waals surface area contributed by atoms with Crippen LogP contribution in [0.4, 0.5) is 28.4 Å². The van der Waals surface area contributed by atoms with Gasteiger partial charge in [0.05, 0.1) is 55.2 Å². The minimum atomic E-state index is -4.85. The fourth-order valence-electron chi connectivity index (χ4n) is 11.8. The van der Waals surface area contributed by atoms with E-state index in [1.54, 1.807) is 54.6 Å². The summed E-state index contributed by atoms with van der Waals surface area (Å²) in [5, 5.41) is 10.8. The number of nitrogens with zero attached hydrogens (tertiary/aromatic N) is 3. The van der Waals surface area contributed by atoms with Crippen molar-refractivity contribution in [3.63, 3.8) is 0 Å². The summed E-state index contributed by atoms with van der Waals surface area (Å²) >= 11 is 0. The van der Waals surface area contributed by atoms with Crippen molar-refractivity contribution in [2.75, 3.05) is 53.1 Å². The standard InChI is InChI=1S/C60H65N9O21S3/c1-31(62-52(71)16-10-9-15-51(70)61-17-18-67-53(72)28-50(60(67)77)91(78,79)80)54(73)63-32(2)55(74)64-37-20-33(29-89-48-26-40-38(24-46(48)87-3)58(75)68-42-13-7-5-11-35(42)22-44(68)56(65-40)92(81,82)83)19-34(21-37)30-90-49-27-41-39(25-47(49)88-4)59(76)69-43-14-8-6-12-36(43)23-45(69)57(66-41)93(84,85)86/h5-8,11-14,19-21,24-27,31-32,44-45,50,56-57,65-66H,9-10,15-18,22-23,28-30H2,1-4H3,(H,61,70)(H,62,71)(H,63,73)(H,64,74)(H,78,79,80)(H,81,82,83)(H,84,85,86)/t31-,32-,44-,45-,50?,56?,57?/m0/s1. The lowest BCUT2D eigenvalue weighted by molar-refractivity contribution is -0.138. The van der Waals surface area contributed by atoms with Crippen molar-refractivity contribution >= 4 is 106 Å². The van der Waals surface area contributed by atoms with Crippen LogP contribution in [0.1, 0.15) is 88.9 Å². The highest BCUT2D eigenvalue weighted by Gasteiger charge is 2.50. The average molecular weight is 1340 g/mol. The quantitative estimate of drug-likeness (QED) is 0.0244. The number of benzene rings is 5. The van der Waals surface area contributed by atoms with E-state index in [9.17, 15) is 77.3 Å². The number of fused-ring (bicyclic) bond motifs is 8. The van der Waals surface area contributed by atoms with E-state index in [0.717, 1.165) is 0 Å². The molecule has 8 amide bonds. The third-order valence-corrected chi connectivity index (χ3v) is 19.6. The number of carbonyl (C=O) groups excluding carboxylic acids is 8. The molecular formula is C60H65N9O21S3. The summed E-state index contributed by atoms with van der Waals surface area (Å²) in [4.78, 5) is 109. The van der Waals surface area contributed by atoms with Crippen LogP contribution in [0.15, 0.2) is 91.0 Å². The van der Waals surface area contributed by atoms with Gasteiger partial charge in [0.2, 0.25) is 29.5 Å². The molecular weight excluding hydrogens is 1280 g/mol. The molecule has 0 aromatic heterocycles. The van der Waals surface area contributed by atoms with E-state index in [1.165, 1.54) is 74.3 Å². The molecule has 5 aliphatic rings. The Kier molecular flexibility index (Phi) is 19.1. The van der Waals surface area contributed by atoms with Crippen LogP contribution in [0.25, 0.3) is 0 Å². The van der Waals surface area contributed by atoms with Crippen LogP contribution < -0.4 is 60.6 Å². The molecule has 5 aromatic carbocycles. The summed E-state index contributed by atoms with van der Waals surface area (Å²) in [7, 11) is -11.8. The number of methoxy groups -OCH3 is 2. The largest absolute Gasteiger partial charge is 0.493 e. The molecule has 0 radical (unpaired) electrons. The Bertz CT molecular complexity index is 4060. The number of ether oxygens (including phenoxy) is 4. The summed E-state index contributed by atoms with van der Waals surface area (Å²) in [6.45, 7) is 1.67. The molecule has 5 heterocycles. The number of likely N-dealkylation sites (tertiary alicyclic amines) is 1. The normalized spacial score (nSPS) is 19.6. The third kappa shape index (κ3) is 14.3. The minimum Gasteiger partial charge on any atom is -0.493 e. The molecule has 33 heteroatoms. The molecule has 30 nitrogen and oxygen atoms in total. The number of anilines is 5. The second-order valence-corrected chi connectivity index (χ2v) is 27.4. The predicted octanol–water partition coefficient (Wildman–Crippen LogP) is 2.92. The molecule has 5 aliphatic heterocycles. The van der Waals surface area contributed by atoms with Gasteiger partial charge < -0.3 is 60.6 Å². The molecule has 0 bridgehead atoms. The Morgan fingerprint density at radius 2 is 1.06 bits per heavy atom. The molecule has 0 spiro atoms. The van der Waals surface area contributed by atoms with Gasteiger partial charge in [-0.25, -0.2) is 0 Å². The molecule has 93 heavy (non-hydrogen) atoms. The maximum absolute atomic E-state index is 14.4. The van der Waals surface area contributed by atoms with E-state index in [4.69, 9.17) is 18.9 Å². The summed E-state index contributed by atoms with van der Waals surface area (Å²) in [6, 6.07) is 19.5. The van der Waals surface area contributed by atoms with Gasteiger partial charge in [0.1, 0.15) is 25.3 Å². The third-order valence-electron chi connectivity index (χ3n) is 16.4. The molecule has 9 N–H and O–H groups in total. The summed E-state index contributed by atoms with van der Waals surface area (Å²) in [5.74, 6) is -5.43. The number of hydrogen-bond acceptors (Lipinski definition) is 20. The zero-order chi connectivity index (χ0) is 67.0. The van der Waals surface area contributed by atoms with Crippen molar-refractivity contribution < 1.29 is 96.2 Å². The van der Waals surface area contributed by atoms with Crippen molar-refractivity contribution in [3.05, 3.63) is 124 Å². The lowest BCUT2D eigenvalue weighted by Crippen LogP contribution is -2.50. The molecule has 10 rings (SSSR count). The van der Waals surface area contributed by atoms with Gasteiger partial charge in [-0.2, -0.15) is 25.3 Å². The Hall–Kier alpha value is -9.41. The van der Waals surface area contributed by atoms with Gasteiger partial charge in [-0.1, -0.05) is 36.4 Å². The van der Waals surface area contributed by atoms with Gasteiger partial charge >= 0.3 is 0 Å². The Labute approximate surface area is 533 Å². The molecule has 1 saturated heterocycles. The van der Waals surface area contributed by atoms with Crippen LogP contribution in [0, 0.1) is 0 Å². The van der Waals surface area contributed by atoms with Crippen LogP contribution in [-0.4, -0.2) is 159 Å². The maximum atomic E-state index is 14.4. The highest BCUT2D eigenvalue weighted by atomic mass is 32.2. The fraction of sp³-hybridized carbons (Fsp3) is 0.367. The highest BCUT2D eigenvalue weighted by Crippen LogP contribution is 2.45. The van der Waals surface area contributed by atoms with Gasteiger partial charge in [-0.15, -0.1) is 0 Å². The molecule has 0 aliphatic carbocycles. The van der Waals surface area contributed by atoms with Crippen molar-refractivity contribution in [1.29, 1.82) is 0 Å². The number of imide groups is 1. The number of nitrogens with one attached hydrogen (secondary N) is 6. The highest BCUT2D eigenvalue weighted by molar-refractivity contribution is 7.87. The van der Waals surface area contributed by atoms with E-state index in [2.05, 4.69) is 31.9 Å². The van der Waals surface area contributed by atoms with Crippen molar-refractivity contribution in [3.8, 4) is 23.0 Å². The predicted molar refractivity (Wildman–Crippen MR) is 332 cm³/mol. The van der Waals surface area contributed by atoms with Crippen LogP contribution in [0.2, 0.25) is 0 Å². The number of carbonyl (C=O) groups is 8. The van der Waals surface area contributed by atoms with Crippen LogP contribution in [0.5, 0.6) is 23.0 Å². The summed E-state index contributed by atoms with van der Waals surface area (Å²) in [5.41, 5.74) is 3.20. The van der Waals surface area contributed by atoms with Crippen LogP contribution in [0.3, 0.4) is 0 Å². The monoisotopic (exact) mass is 1340 g/mol. The van der Waals surface area contributed by atoms with Crippen molar-refractivity contribution in [1.82, 2.24) is 20.9 Å². The smallest absolute Gasteiger partial charge is 0.288 e. The molecule has 1 fully saturated rings. The number of amides is 8. The second kappa shape index (κ2) is 26.7. The number of rotatable bonds is 24. The SMILES string of the molecule is COc1cc2c(cc1OCc1cc(COc3cc4c(cc3OC)C(=O)N3c5ccccc5C[C@H]3C(S(=O)(=O)O)N4)cc(NC(=O)[C@H](C)NC(=O)[C@H](C)NC(=O)CCCCC(=O)NCCN3C(=O)CC(S(=O)(=O)O)C3=O)c1)NC(S(=O)(=O)O)[C@@H]1Cc3ccccc3N1C2=O. The number of hydrogen-bond donors (Lipinski definition) is 9. The lowest BCUT2D eigenvalue weighted by Gasteiger charge is -2.27. The summed E-state index contributed by atoms with van der Waals surface area (Å²) < 4.78 is 129. The minimum absolute atomic E-state index is 0.000303. The molecule has 0 saturated carbocycles. The maximum Gasteiger partial charge on any atom is 0.288 e. The van der Waals surface area contributed by atoms with Gasteiger partial charge in [0.15, 0.2) is 39.0 Å². The summed E-state index contributed by atoms with van der Waals surface area (Å²) in [6.07, 6.45) is -0.211. The first-order valence-electron chi connectivity index (χ1n) is 29.1. The van der Waals surface area contributed by atoms with E-state index in [1.807, 2.05) is 0 Å².